The Hall–Kier alpha value is -5.23. The van der Waals surface area contributed by atoms with Crippen LogP contribution in [-0.2, 0) is 9.53 Å². The summed E-state index contributed by atoms with van der Waals surface area (Å²) < 4.78 is 6.35. The lowest BCUT2D eigenvalue weighted by Crippen LogP contribution is -2.33. The summed E-state index contributed by atoms with van der Waals surface area (Å²) in [4.78, 5) is 32.5. The van der Waals surface area contributed by atoms with Crippen LogP contribution in [0.3, 0.4) is 0 Å². The molecular formula is C35H38ClN9O3. The summed E-state index contributed by atoms with van der Waals surface area (Å²) in [6.07, 6.45) is 11.5. The molecule has 248 valence electrons. The first-order valence-electron chi connectivity index (χ1n) is 16.0. The van der Waals surface area contributed by atoms with E-state index in [2.05, 4.69) is 47.9 Å². The van der Waals surface area contributed by atoms with Crippen molar-refractivity contribution in [3.63, 3.8) is 0 Å². The van der Waals surface area contributed by atoms with Gasteiger partial charge in [0.1, 0.15) is 6.33 Å². The lowest BCUT2D eigenvalue weighted by atomic mass is 9.95. The van der Waals surface area contributed by atoms with Crippen molar-refractivity contribution in [3.8, 4) is 16.8 Å². The van der Waals surface area contributed by atoms with Gasteiger partial charge in [-0.3, -0.25) is 15.1 Å². The number of anilines is 2. The summed E-state index contributed by atoms with van der Waals surface area (Å²) >= 11 is 6.27. The highest BCUT2D eigenvalue weighted by Crippen LogP contribution is 2.35. The Kier molecular flexibility index (Phi) is 10.3. The second-order valence-corrected chi connectivity index (χ2v) is 12.3. The van der Waals surface area contributed by atoms with Crippen LogP contribution in [0.15, 0.2) is 79.4 Å². The van der Waals surface area contributed by atoms with E-state index in [9.17, 15) is 9.59 Å². The van der Waals surface area contributed by atoms with Crippen molar-refractivity contribution in [2.45, 2.75) is 50.6 Å². The summed E-state index contributed by atoms with van der Waals surface area (Å²) in [5, 5.41) is 21.7. The number of hydrogen-bond donors (Lipinski definition) is 3. The first kappa shape index (κ1) is 32.7. The van der Waals surface area contributed by atoms with E-state index in [0.717, 1.165) is 73.4 Å². The molecule has 1 saturated heterocycles. The fraction of sp³-hybridized carbons (Fsp3) is 0.314. The fourth-order valence-corrected chi connectivity index (χ4v) is 6.40. The number of rotatable bonds is 7. The predicted molar refractivity (Wildman–Crippen MR) is 186 cm³/mol. The molecule has 0 saturated carbocycles. The second-order valence-electron chi connectivity index (χ2n) is 11.9. The quantitative estimate of drug-likeness (QED) is 0.191. The molecule has 2 aromatic carbocycles. The Morgan fingerprint density at radius 3 is 2.69 bits per heavy atom. The van der Waals surface area contributed by atoms with E-state index < -0.39 is 6.09 Å². The zero-order valence-corrected chi connectivity index (χ0v) is 27.5. The van der Waals surface area contributed by atoms with Gasteiger partial charge in [-0.1, -0.05) is 37.1 Å². The van der Waals surface area contributed by atoms with Crippen LogP contribution in [0, 0.1) is 0 Å². The van der Waals surface area contributed by atoms with Crippen LogP contribution in [0.1, 0.15) is 55.8 Å². The van der Waals surface area contributed by atoms with Gasteiger partial charge in [0.25, 0.3) is 0 Å². The third-order valence-corrected chi connectivity index (χ3v) is 8.93. The van der Waals surface area contributed by atoms with Gasteiger partial charge in [-0.2, -0.15) is 4.68 Å². The molecule has 6 rings (SSSR count). The highest BCUT2D eigenvalue weighted by molar-refractivity contribution is 6.30. The number of pyridine rings is 1. The number of carbonyl (C=O) groups excluding carboxylic acids is 2. The van der Waals surface area contributed by atoms with Crippen LogP contribution in [-0.4, -0.2) is 68.3 Å². The SMILES string of the molecule is C=C([C@H]1CCCC[C@H](NC(=O)/C=C/c2cc(Cl)ccc2-n2cnnn2)c2cc(ccn2)-c2ccc(NC(=O)OC)cc2N1)N1CCCC1. The molecule has 0 spiro atoms. The number of nitrogens with one attached hydrogen (secondary N) is 3. The number of fused-ring (bicyclic) bond motifs is 4. The molecule has 2 bridgehead atoms. The van der Waals surface area contributed by atoms with Crippen LogP contribution >= 0.6 is 11.6 Å². The average Bonchev–Trinajstić information content (AvgIpc) is 3.83. The van der Waals surface area contributed by atoms with E-state index in [1.807, 2.05) is 30.3 Å². The van der Waals surface area contributed by atoms with Crippen LogP contribution in [0.4, 0.5) is 16.2 Å². The molecule has 2 aliphatic heterocycles. The maximum Gasteiger partial charge on any atom is 0.411 e. The van der Waals surface area contributed by atoms with Crippen molar-refractivity contribution in [3.05, 3.63) is 95.7 Å². The molecule has 1 fully saturated rings. The van der Waals surface area contributed by atoms with Gasteiger partial charge in [0, 0.05) is 58.6 Å². The van der Waals surface area contributed by atoms with Gasteiger partial charge in [0.2, 0.25) is 5.91 Å². The molecule has 2 amide bonds. The van der Waals surface area contributed by atoms with Gasteiger partial charge in [-0.25, -0.2) is 4.79 Å². The highest BCUT2D eigenvalue weighted by atomic mass is 35.5. The number of halogens is 1. The molecule has 48 heavy (non-hydrogen) atoms. The molecule has 13 heteroatoms. The fourth-order valence-electron chi connectivity index (χ4n) is 6.22. The Morgan fingerprint density at radius 1 is 1.06 bits per heavy atom. The number of benzene rings is 2. The zero-order chi connectivity index (χ0) is 33.5. The van der Waals surface area contributed by atoms with Gasteiger partial charge in [0.15, 0.2) is 0 Å². The van der Waals surface area contributed by atoms with E-state index >= 15 is 0 Å². The maximum atomic E-state index is 13.4. The summed E-state index contributed by atoms with van der Waals surface area (Å²) in [5.74, 6) is -0.261. The number of aromatic nitrogens is 5. The number of tetrazole rings is 1. The number of ether oxygens (including phenoxy) is 1. The number of hydrogen-bond acceptors (Lipinski definition) is 9. The minimum Gasteiger partial charge on any atom is -0.453 e. The van der Waals surface area contributed by atoms with Crippen molar-refractivity contribution in [1.29, 1.82) is 0 Å². The number of likely N-dealkylation sites (tertiary alicyclic amines) is 1. The Morgan fingerprint density at radius 2 is 1.90 bits per heavy atom. The summed E-state index contributed by atoms with van der Waals surface area (Å²) in [7, 11) is 1.34. The average molecular weight is 668 g/mol. The molecule has 0 unspecified atom stereocenters. The molecule has 4 aromatic rings. The molecule has 2 atom stereocenters. The van der Waals surface area contributed by atoms with Gasteiger partial charge >= 0.3 is 6.09 Å². The standard InChI is InChI=1S/C35H38ClN9O3/c1-23(44-17-5-6-18-44)29-7-3-4-8-30(41-34(46)14-9-25-19-26(36)10-13-33(25)45-22-38-42-43-45)32-20-24(15-16-37-32)28-12-11-27(21-31(28)40-29)39-35(47)48-2/h9-16,19-22,29-30,40H,1,3-8,17-18H2,2H3,(H,39,47)(H,41,46)/b14-9+/t29-,30+/m1/s1. The molecule has 3 N–H and O–H groups in total. The van der Waals surface area contributed by atoms with Crippen molar-refractivity contribution in [2.75, 3.05) is 30.8 Å². The predicted octanol–water partition coefficient (Wildman–Crippen LogP) is 6.39. The van der Waals surface area contributed by atoms with Crippen molar-refractivity contribution < 1.29 is 14.3 Å². The summed E-state index contributed by atoms with van der Waals surface area (Å²) in [6.45, 7) is 6.51. The number of methoxy groups -OCH3 is 1. The second kappa shape index (κ2) is 15.1. The first-order chi connectivity index (χ1) is 23.4. The number of nitrogens with zero attached hydrogens (tertiary/aromatic N) is 6. The van der Waals surface area contributed by atoms with Crippen LogP contribution in [0.5, 0.6) is 0 Å². The molecule has 4 heterocycles. The highest BCUT2D eigenvalue weighted by Gasteiger charge is 2.24. The summed E-state index contributed by atoms with van der Waals surface area (Å²) in [6, 6.07) is 14.7. The zero-order valence-electron chi connectivity index (χ0n) is 26.7. The van der Waals surface area contributed by atoms with Crippen LogP contribution < -0.4 is 16.0 Å². The third-order valence-electron chi connectivity index (χ3n) is 8.70. The number of carbonyl (C=O) groups is 2. The topological polar surface area (TPSA) is 139 Å². The third kappa shape index (κ3) is 7.83. The lowest BCUT2D eigenvalue weighted by Gasteiger charge is -2.31. The van der Waals surface area contributed by atoms with E-state index in [-0.39, 0.29) is 18.0 Å². The summed E-state index contributed by atoms with van der Waals surface area (Å²) in [5.41, 5.74) is 6.54. The molecular weight excluding hydrogens is 630 g/mol. The Labute approximate surface area is 284 Å². The largest absolute Gasteiger partial charge is 0.453 e. The molecule has 0 aliphatic carbocycles. The van der Waals surface area contributed by atoms with Crippen molar-refractivity contribution >= 4 is 41.1 Å². The van der Waals surface area contributed by atoms with E-state index in [0.29, 0.717) is 28.4 Å². The molecule has 12 nitrogen and oxygen atoms in total. The monoisotopic (exact) mass is 667 g/mol. The van der Waals surface area contributed by atoms with E-state index in [1.165, 1.54) is 24.2 Å². The van der Waals surface area contributed by atoms with Crippen molar-refractivity contribution in [2.24, 2.45) is 0 Å². The van der Waals surface area contributed by atoms with Crippen LogP contribution in [0.2, 0.25) is 5.02 Å². The van der Waals surface area contributed by atoms with Crippen LogP contribution in [0.25, 0.3) is 22.9 Å². The van der Waals surface area contributed by atoms with Gasteiger partial charge in [-0.15, -0.1) is 5.10 Å². The number of amides is 2. The normalized spacial score (nSPS) is 17.8. The van der Waals surface area contributed by atoms with Crippen molar-refractivity contribution in [1.82, 2.24) is 35.4 Å². The molecule has 2 aliphatic rings. The van der Waals surface area contributed by atoms with Gasteiger partial charge in [-0.05, 0) is 90.2 Å². The molecule has 0 radical (unpaired) electrons. The lowest BCUT2D eigenvalue weighted by molar-refractivity contribution is -0.117. The van der Waals surface area contributed by atoms with E-state index in [1.54, 1.807) is 30.5 Å². The minimum absolute atomic E-state index is 0.0148. The van der Waals surface area contributed by atoms with Gasteiger partial charge < -0.3 is 20.3 Å². The smallest absolute Gasteiger partial charge is 0.411 e. The Bertz CT molecular complexity index is 1800. The van der Waals surface area contributed by atoms with Gasteiger partial charge in [0.05, 0.1) is 30.6 Å². The first-order valence-corrected chi connectivity index (χ1v) is 16.4. The molecule has 2 aromatic heterocycles. The Balaban J connectivity index is 1.29. The van der Waals surface area contributed by atoms with E-state index in [4.69, 9.17) is 16.3 Å². The minimum atomic E-state index is -0.540. The maximum absolute atomic E-state index is 13.4.